The maximum atomic E-state index is 5.40. The molecule has 2 heteroatoms. The van der Waals surface area contributed by atoms with E-state index in [0.717, 1.165) is 30.0 Å². The molecule has 0 spiro atoms. The van der Waals surface area contributed by atoms with Crippen LogP contribution in [0.4, 0.5) is 0 Å². The second kappa shape index (κ2) is 5.38. The van der Waals surface area contributed by atoms with Crippen molar-refractivity contribution >= 4 is 0 Å². The number of ether oxygens (including phenoxy) is 1. The number of methoxy groups -OCH3 is 1. The standard InChI is InChI=1S/C17H23NO/c1-12(16-10-13-7-8-14(16)9-13)18-11-15-5-3-4-6-17(15)19-2/h3-8,12-14,16,18H,9-11H2,1-2H3. The SMILES string of the molecule is COc1ccccc1CNC(C)C1CC2C=CC1C2. The molecule has 2 aliphatic rings. The average Bonchev–Trinajstić information content (AvgIpc) is 3.07. The highest BCUT2D eigenvalue weighted by Gasteiger charge is 2.38. The minimum absolute atomic E-state index is 0.574. The molecule has 1 aromatic carbocycles. The quantitative estimate of drug-likeness (QED) is 0.816. The van der Waals surface area contributed by atoms with Crippen molar-refractivity contribution in [2.24, 2.45) is 17.8 Å². The second-order valence-electron chi connectivity index (χ2n) is 5.93. The van der Waals surface area contributed by atoms with Crippen LogP contribution in [0.15, 0.2) is 36.4 Å². The summed E-state index contributed by atoms with van der Waals surface area (Å²) in [6, 6.07) is 8.84. The third-order valence-electron chi connectivity index (χ3n) is 4.78. The van der Waals surface area contributed by atoms with Gasteiger partial charge in [0.15, 0.2) is 0 Å². The van der Waals surface area contributed by atoms with E-state index in [1.807, 2.05) is 12.1 Å². The molecule has 2 nitrogen and oxygen atoms in total. The molecule has 0 saturated heterocycles. The van der Waals surface area contributed by atoms with E-state index in [0.29, 0.717) is 6.04 Å². The van der Waals surface area contributed by atoms with Gasteiger partial charge in [0, 0.05) is 18.2 Å². The Kier molecular flexibility index (Phi) is 3.61. The van der Waals surface area contributed by atoms with Crippen molar-refractivity contribution in [2.75, 3.05) is 7.11 Å². The second-order valence-corrected chi connectivity index (χ2v) is 5.93. The summed E-state index contributed by atoms with van der Waals surface area (Å²) in [4.78, 5) is 0. The molecular formula is C17H23NO. The Balaban J connectivity index is 1.58. The van der Waals surface area contributed by atoms with Crippen molar-refractivity contribution in [1.29, 1.82) is 0 Å². The van der Waals surface area contributed by atoms with E-state index in [4.69, 9.17) is 4.74 Å². The number of allylic oxidation sites excluding steroid dienone is 2. The van der Waals surface area contributed by atoms with E-state index in [1.165, 1.54) is 18.4 Å². The number of hydrogen-bond acceptors (Lipinski definition) is 2. The highest BCUT2D eigenvalue weighted by molar-refractivity contribution is 5.33. The van der Waals surface area contributed by atoms with Gasteiger partial charge in [-0.1, -0.05) is 30.4 Å². The van der Waals surface area contributed by atoms with Crippen molar-refractivity contribution in [3.8, 4) is 5.75 Å². The van der Waals surface area contributed by atoms with Crippen molar-refractivity contribution in [1.82, 2.24) is 5.32 Å². The number of fused-ring (bicyclic) bond motifs is 2. The third-order valence-corrected chi connectivity index (χ3v) is 4.78. The first kappa shape index (κ1) is 12.7. The van der Waals surface area contributed by atoms with Crippen molar-refractivity contribution in [2.45, 2.75) is 32.4 Å². The first-order valence-corrected chi connectivity index (χ1v) is 7.31. The fourth-order valence-corrected chi connectivity index (χ4v) is 3.67. The lowest BCUT2D eigenvalue weighted by Gasteiger charge is -2.26. The zero-order valence-corrected chi connectivity index (χ0v) is 11.8. The Hall–Kier alpha value is -1.28. The Bertz CT molecular complexity index is 468. The number of hydrogen-bond donors (Lipinski definition) is 1. The molecule has 0 heterocycles. The Labute approximate surface area is 115 Å². The fourth-order valence-electron chi connectivity index (χ4n) is 3.67. The van der Waals surface area contributed by atoms with Gasteiger partial charge < -0.3 is 10.1 Å². The van der Waals surface area contributed by atoms with Gasteiger partial charge in [-0.15, -0.1) is 0 Å². The predicted octanol–water partition coefficient (Wildman–Crippen LogP) is 3.39. The molecule has 1 N–H and O–H groups in total. The molecule has 19 heavy (non-hydrogen) atoms. The molecule has 0 aromatic heterocycles. The molecule has 0 amide bonds. The van der Waals surface area contributed by atoms with E-state index in [-0.39, 0.29) is 0 Å². The first-order chi connectivity index (χ1) is 9.28. The Morgan fingerprint density at radius 1 is 1.26 bits per heavy atom. The monoisotopic (exact) mass is 257 g/mol. The van der Waals surface area contributed by atoms with Crippen LogP contribution < -0.4 is 10.1 Å². The van der Waals surface area contributed by atoms with E-state index >= 15 is 0 Å². The van der Waals surface area contributed by atoms with Crippen molar-refractivity contribution < 1.29 is 4.74 Å². The van der Waals surface area contributed by atoms with Crippen LogP contribution in [0.25, 0.3) is 0 Å². The summed E-state index contributed by atoms with van der Waals surface area (Å²) in [6.07, 6.45) is 7.58. The fraction of sp³-hybridized carbons (Fsp3) is 0.529. The van der Waals surface area contributed by atoms with Gasteiger partial charge in [0.25, 0.3) is 0 Å². The van der Waals surface area contributed by atoms with Crippen LogP contribution in [-0.4, -0.2) is 13.2 Å². The molecule has 3 rings (SSSR count). The van der Waals surface area contributed by atoms with Crippen LogP contribution in [0.2, 0.25) is 0 Å². The zero-order valence-electron chi connectivity index (χ0n) is 11.8. The molecular weight excluding hydrogens is 234 g/mol. The van der Waals surface area contributed by atoms with Gasteiger partial charge in [-0.05, 0) is 43.6 Å². The largest absolute Gasteiger partial charge is 0.496 e. The van der Waals surface area contributed by atoms with Crippen molar-refractivity contribution in [3.63, 3.8) is 0 Å². The summed E-state index contributed by atoms with van der Waals surface area (Å²) in [7, 11) is 1.74. The van der Waals surface area contributed by atoms with Crippen LogP contribution in [0.1, 0.15) is 25.3 Å². The molecule has 0 radical (unpaired) electrons. The maximum absolute atomic E-state index is 5.40. The number of rotatable bonds is 5. The molecule has 1 fully saturated rings. The molecule has 1 saturated carbocycles. The predicted molar refractivity (Wildman–Crippen MR) is 78.1 cm³/mol. The molecule has 0 aliphatic heterocycles. The number of para-hydroxylation sites is 1. The third kappa shape index (κ3) is 2.55. The highest BCUT2D eigenvalue weighted by Crippen LogP contribution is 2.44. The molecule has 2 bridgehead atoms. The topological polar surface area (TPSA) is 21.3 Å². The average molecular weight is 257 g/mol. The van der Waals surface area contributed by atoms with Gasteiger partial charge in [-0.25, -0.2) is 0 Å². The van der Waals surface area contributed by atoms with Gasteiger partial charge in [0.2, 0.25) is 0 Å². The van der Waals surface area contributed by atoms with Crippen molar-refractivity contribution in [3.05, 3.63) is 42.0 Å². The summed E-state index contributed by atoms with van der Waals surface area (Å²) >= 11 is 0. The highest BCUT2D eigenvalue weighted by atomic mass is 16.5. The molecule has 4 unspecified atom stereocenters. The van der Waals surface area contributed by atoms with E-state index in [2.05, 4.69) is 36.5 Å². The molecule has 2 aliphatic carbocycles. The molecule has 1 aromatic rings. The molecule has 102 valence electrons. The van der Waals surface area contributed by atoms with Crippen LogP contribution in [0, 0.1) is 17.8 Å². The van der Waals surface area contributed by atoms with Gasteiger partial charge in [-0.3, -0.25) is 0 Å². The summed E-state index contributed by atoms with van der Waals surface area (Å²) < 4.78 is 5.40. The summed E-state index contributed by atoms with van der Waals surface area (Å²) in [6.45, 7) is 3.22. The van der Waals surface area contributed by atoms with E-state index in [9.17, 15) is 0 Å². The van der Waals surface area contributed by atoms with Crippen LogP contribution in [0.5, 0.6) is 5.75 Å². The first-order valence-electron chi connectivity index (χ1n) is 7.31. The lowest BCUT2D eigenvalue weighted by molar-refractivity contribution is 0.324. The number of nitrogens with one attached hydrogen (secondary N) is 1. The van der Waals surface area contributed by atoms with Gasteiger partial charge >= 0.3 is 0 Å². The van der Waals surface area contributed by atoms with Crippen LogP contribution >= 0.6 is 0 Å². The lowest BCUT2D eigenvalue weighted by atomic mass is 9.87. The van der Waals surface area contributed by atoms with Gasteiger partial charge in [0.05, 0.1) is 7.11 Å². The lowest BCUT2D eigenvalue weighted by Crippen LogP contribution is -2.35. The summed E-state index contributed by atoms with van der Waals surface area (Å²) in [5.41, 5.74) is 1.25. The van der Waals surface area contributed by atoms with Crippen LogP contribution in [-0.2, 0) is 6.54 Å². The van der Waals surface area contributed by atoms with Crippen LogP contribution in [0.3, 0.4) is 0 Å². The minimum Gasteiger partial charge on any atom is -0.496 e. The Morgan fingerprint density at radius 3 is 2.79 bits per heavy atom. The normalized spacial score (nSPS) is 29.7. The summed E-state index contributed by atoms with van der Waals surface area (Å²) in [5, 5.41) is 3.69. The maximum Gasteiger partial charge on any atom is 0.123 e. The Morgan fingerprint density at radius 2 is 2.11 bits per heavy atom. The summed E-state index contributed by atoms with van der Waals surface area (Å²) in [5.74, 6) is 3.45. The van der Waals surface area contributed by atoms with Gasteiger partial charge in [0.1, 0.15) is 5.75 Å². The van der Waals surface area contributed by atoms with Gasteiger partial charge in [-0.2, -0.15) is 0 Å². The molecule has 4 atom stereocenters. The minimum atomic E-state index is 0.574. The zero-order chi connectivity index (χ0) is 13.2. The van der Waals surface area contributed by atoms with E-state index < -0.39 is 0 Å². The van der Waals surface area contributed by atoms with E-state index in [1.54, 1.807) is 7.11 Å². The number of benzene rings is 1. The smallest absolute Gasteiger partial charge is 0.123 e.